The molecule has 100 valence electrons. The summed E-state index contributed by atoms with van der Waals surface area (Å²) in [6, 6.07) is 9.21. The molecule has 1 saturated carbocycles. The van der Waals surface area contributed by atoms with Gasteiger partial charge in [0.2, 0.25) is 0 Å². The van der Waals surface area contributed by atoms with E-state index in [2.05, 4.69) is 43.4 Å². The molecule has 18 heavy (non-hydrogen) atoms. The van der Waals surface area contributed by atoms with E-state index < -0.39 is 0 Å². The lowest BCUT2D eigenvalue weighted by atomic mass is 9.96. The van der Waals surface area contributed by atoms with Crippen LogP contribution in [0.5, 0.6) is 0 Å². The predicted molar refractivity (Wildman–Crippen MR) is 75.8 cm³/mol. The Kier molecular flexibility index (Phi) is 4.79. The zero-order valence-electron chi connectivity index (χ0n) is 11.8. The van der Waals surface area contributed by atoms with Gasteiger partial charge >= 0.3 is 0 Å². The van der Waals surface area contributed by atoms with E-state index in [1.807, 2.05) is 7.05 Å². The highest BCUT2D eigenvalue weighted by molar-refractivity contribution is 5.27. The van der Waals surface area contributed by atoms with E-state index in [1.165, 1.54) is 24.0 Å². The van der Waals surface area contributed by atoms with E-state index in [4.69, 9.17) is 4.74 Å². The normalized spacial score (nSPS) is 18.6. The van der Waals surface area contributed by atoms with Gasteiger partial charge in [-0.1, -0.05) is 31.2 Å². The molecular formula is C16H25NO. The third kappa shape index (κ3) is 3.12. The lowest BCUT2D eigenvalue weighted by molar-refractivity contribution is 0.0204. The third-order valence-corrected chi connectivity index (χ3v) is 3.80. The minimum atomic E-state index is 0.323. The van der Waals surface area contributed by atoms with Crippen molar-refractivity contribution in [2.75, 3.05) is 13.7 Å². The Balaban J connectivity index is 2.19. The Hall–Kier alpha value is -0.860. The molecular weight excluding hydrogens is 222 g/mol. The van der Waals surface area contributed by atoms with E-state index in [0.717, 1.165) is 18.9 Å². The SMILES string of the molecule is CCOC(C1CC1)C(NC)c1cccc(CC)c1. The molecule has 0 heterocycles. The molecule has 0 aliphatic heterocycles. The molecule has 1 aromatic rings. The number of nitrogens with one attached hydrogen (secondary N) is 1. The molecule has 1 fully saturated rings. The largest absolute Gasteiger partial charge is 0.376 e. The molecule has 0 bridgehead atoms. The van der Waals surface area contributed by atoms with Crippen LogP contribution in [0.15, 0.2) is 24.3 Å². The van der Waals surface area contributed by atoms with E-state index in [1.54, 1.807) is 0 Å². The number of hydrogen-bond acceptors (Lipinski definition) is 2. The lowest BCUT2D eigenvalue weighted by Gasteiger charge is -2.27. The molecule has 0 saturated heterocycles. The van der Waals surface area contributed by atoms with Gasteiger partial charge in [-0.25, -0.2) is 0 Å². The summed E-state index contributed by atoms with van der Waals surface area (Å²) in [5.41, 5.74) is 2.76. The van der Waals surface area contributed by atoms with Crippen LogP contribution in [0.2, 0.25) is 0 Å². The van der Waals surface area contributed by atoms with Gasteiger partial charge in [-0.3, -0.25) is 0 Å². The van der Waals surface area contributed by atoms with Crippen LogP contribution >= 0.6 is 0 Å². The van der Waals surface area contributed by atoms with Gasteiger partial charge < -0.3 is 10.1 Å². The Morgan fingerprint density at radius 2 is 2.11 bits per heavy atom. The predicted octanol–water partition coefficient (Wildman–Crippen LogP) is 3.32. The average molecular weight is 247 g/mol. The van der Waals surface area contributed by atoms with Crippen molar-refractivity contribution < 1.29 is 4.74 Å². The first-order valence-electron chi connectivity index (χ1n) is 7.17. The molecule has 1 aliphatic rings. The Bertz CT molecular complexity index is 373. The summed E-state index contributed by atoms with van der Waals surface area (Å²) in [5, 5.41) is 3.45. The van der Waals surface area contributed by atoms with Gasteiger partial charge in [-0.05, 0) is 50.3 Å². The Morgan fingerprint density at radius 3 is 2.67 bits per heavy atom. The molecule has 0 radical (unpaired) electrons. The first-order chi connectivity index (χ1) is 8.80. The van der Waals surface area contributed by atoms with Crippen LogP contribution in [0.4, 0.5) is 0 Å². The smallest absolute Gasteiger partial charge is 0.0797 e. The molecule has 2 nitrogen and oxygen atoms in total. The maximum absolute atomic E-state index is 5.98. The quantitative estimate of drug-likeness (QED) is 0.798. The monoisotopic (exact) mass is 247 g/mol. The number of rotatable bonds is 7. The van der Waals surface area contributed by atoms with Crippen LogP contribution in [-0.2, 0) is 11.2 Å². The summed E-state index contributed by atoms with van der Waals surface area (Å²) in [7, 11) is 2.04. The zero-order valence-corrected chi connectivity index (χ0v) is 11.8. The summed E-state index contributed by atoms with van der Waals surface area (Å²) in [6.07, 6.45) is 4.05. The van der Waals surface area contributed by atoms with Gasteiger partial charge in [0.1, 0.15) is 0 Å². The molecule has 1 aromatic carbocycles. The highest BCUT2D eigenvalue weighted by Gasteiger charge is 2.37. The van der Waals surface area contributed by atoms with Crippen LogP contribution in [-0.4, -0.2) is 19.8 Å². The fourth-order valence-corrected chi connectivity index (χ4v) is 2.65. The van der Waals surface area contributed by atoms with Crippen LogP contribution in [0, 0.1) is 5.92 Å². The summed E-state index contributed by atoms with van der Waals surface area (Å²) >= 11 is 0. The number of likely N-dealkylation sites (N-methyl/N-ethyl adjacent to an activating group) is 1. The topological polar surface area (TPSA) is 21.3 Å². The van der Waals surface area contributed by atoms with Gasteiger partial charge in [0.25, 0.3) is 0 Å². The molecule has 2 rings (SSSR count). The Morgan fingerprint density at radius 1 is 1.33 bits per heavy atom. The van der Waals surface area contributed by atoms with Crippen molar-refractivity contribution in [1.29, 1.82) is 0 Å². The van der Waals surface area contributed by atoms with Crippen molar-refractivity contribution in [3.63, 3.8) is 0 Å². The highest BCUT2D eigenvalue weighted by atomic mass is 16.5. The minimum Gasteiger partial charge on any atom is -0.376 e. The molecule has 2 unspecified atom stereocenters. The second-order valence-electron chi connectivity index (χ2n) is 5.12. The molecule has 1 aliphatic carbocycles. The minimum absolute atomic E-state index is 0.323. The van der Waals surface area contributed by atoms with Gasteiger partial charge in [-0.2, -0.15) is 0 Å². The van der Waals surface area contributed by atoms with Crippen molar-refractivity contribution in [2.24, 2.45) is 5.92 Å². The van der Waals surface area contributed by atoms with E-state index in [9.17, 15) is 0 Å². The van der Waals surface area contributed by atoms with Crippen LogP contribution in [0.3, 0.4) is 0 Å². The van der Waals surface area contributed by atoms with Gasteiger partial charge in [0.05, 0.1) is 12.1 Å². The maximum atomic E-state index is 5.98. The summed E-state index contributed by atoms with van der Waals surface area (Å²) in [6.45, 7) is 5.09. The highest BCUT2D eigenvalue weighted by Crippen LogP contribution is 2.40. The lowest BCUT2D eigenvalue weighted by Crippen LogP contribution is -2.33. The molecule has 1 N–H and O–H groups in total. The third-order valence-electron chi connectivity index (χ3n) is 3.80. The van der Waals surface area contributed by atoms with Gasteiger partial charge in [0.15, 0.2) is 0 Å². The molecule has 0 amide bonds. The van der Waals surface area contributed by atoms with E-state index >= 15 is 0 Å². The van der Waals surface area contributed by atoms with E-state index in [0.29, 0.717) is 12.1 Å². The molecule has 0 aromatic heterocycles. The van der Waals surface area contributed by atoms with Crippen molar-refractivity contribution in [1.82, 2.24) is 5.32 Å². The molecule has 2 heteroatoms. The van der Waals surface area contributed by atoms with Crippen molar-refractivity contribution in [2.45, 2.75) is 45.3 Å². The molecule has 0 spiro atoms. The number of hydrogen-bond donors (Lipinski definition) is 1. The zero-order chi connectivity index (χ0) is 13.0. The van der Waals surface area contributed by atoms with Crippen molar-refractivity contribution in [3.05, 3.63) is 35.4 Å². The van der Waals surface area contributed by atoms with Crippen molar-refractivity contribution in [3.8, 4) is 0 Å². The van der Waals surface area contributed by atoms with Crippen molar-refractivity contribution >= 4 is 0 Å². The number of ether oxygens (including phenoxy) is 1. The number of aryl methyl sites for hydroxylation is 1. The first kappa shape index (κ1) is 13.6. The van der Waals surface area contributed by atoms with Gasteiger partial charge in [0, 0.05) is 6.61 Å². The van der Waals surface area contributed by atoms with Crippen LogP contribution < -0.4 is 5.32 Å². The fraction of sp³-hybridized carbons (Fsp3) is 0.625. The standard InChI is InChI=1S/C16H25NO/c1-4-12-7-6-8-14(11-12)15(17-3)16(18-5-2)13-9-10-13/h6-8,11,13,15-17H,4-5,9-10H2,1-3H3. The number of benzene rings is 1. The van der Waals surface area contributed by atoms with Crippen LogP contribution in [0.1, 0.15) is 43.9 Å². The summed E-state index contributed by atoms with van der Waals surface area (Å²) in [4.78, 5) is 0. The van der Waals surface area contributed by atoms with E-state index in [-0.39, 0.29) is 0 Å². The maximum Gasteiger partial charge on any atom is 0.0797 e. The summed E-state index contributed by atoms with van der Waals surface area (Å²) < 4.78 is 5.98. The van der Waals surface area contributed by atoms with Gasteiger partial charge in [-0.15, -0.1) is 0 Å². The molecule has 2 atom stereocenters. The second-order valence-corrected chi connectivity index (χ2v) is 5.12. The van der Waals surface area contributed by atoms with Crippen LogP contribution in [0.25, 0.3) is 0 Å². The Labute approximate surface area is 111 Å². The fourth-order valence-electron chi connectivity index (χ4n) is 2.65. The second kappa shape index (κ2) is 6.35. The summed E-state index contributed by atoms with van der Waals surface area (Å²) in [5.74, 6) is 0.743. The average Bonchev–Trinajstić information content (AvgIpc) is 3.23. The first-order valence-corrected chi connectivity index (χ1v) is 7.17.